The van der Waals surface area contributed by atoms with E-state index in [0.717, 1.165) is 18.5 Å². The molecule has 0 saturated heterocycles. The van der Waals surface area contributed by atoms with Crippen molar-refractivity contribution < 1.29 is 4.39 Å². The Morgan fingerprint density at radius 1 is 1.44 bits per heavy atom. The number of nitriles is 1. The number of halogens is 1. The quantitative estimate of drug-likeness (QED) is 0.819. The molecular formula is C12H16FN3. The number of hydrogen-bond donors (Lipinski definition) is 1. The molecule has 1 aromatic carbocycles. The van der Waals surface area contributed by atoms with Crippen LogP contribution >= 0.6 is 0 Å². The number of hydrogen-bond acceptors (Lipinski definition) is 3. The van der Waals surface area contributed by atoms with Gasteiger partial charge < -0.3 is 10.6 Å². The summed E-state index contributed by atoms with van der Waals surface area (Å²) in [6.45, 7) is 2.15. The van der Waals surface area contributed by atoms with E-state index in [0.29, 0.717) is 18.7 Å². The molecule has 0 heterocycles. The van der Waals surface area contributed by atoms with Crippen LogP contribution in [0.1, 0.15) is 17.5 Å². The number of benzene rings is 1. The van der Waals surface area contributed by atoms with Crippen molar-refractivity contribution in [2.75, 3.05) is 20.1 Å². The van der Waals surface area contributed by atoms with Crippen LogP contribution in [0.4, 0.5) is 4.39 Å². The third-order valence-electron chi connectivity index (χ3n) is 2.28. The van der Waals surface area contributed by atoms with Gasteiger partial charge in [-0.05, 0) is 50.3 Å². The fourth-order valence-corrected chi connectivity index (χ4v) is 1.56. The van der Waals surface area contributed by atoms with Crippen LogP contribution in [-0.4, -0.2) is 25.0 Å². The average molecular weight is 221 g/mol. The summed E-state index contributed by atoms with van der Waals surface area (Å²) in [4.78, 5) is 2.06. The van der Waals surface area contributed by atoms with E-state index >= 15 is 0 Å². The summed E-state index contributed by atoms with van der Waals surface area (Å²) in [6, 6.07) is 6.35. The molecule has 2 N–H and O–H groups in total. The fourth-order valence-electron chi connectivity index (χ4n) is 1.56. The van der Waals surface area contributed by atoms with Gasteiger partial charge in [-0.1, -0.05) is 0 Å². The van der Waals surface area contributed by atoms with E-state index in [9.17, 15) is 4.39 Å². The first-order chi connectivity index (χ1) is 7.65. The molecule has 1 aromatic rings. The molecule has 0 aromatic heterocycles. The first-order valence-electron chi connectivity index (χ1n) is 5.24. The molecule has 0 fully saturated rings. The molecule has 0 spiro atoms. The number of rotatable bonds is 5. The molecule has 0 unspecified atom stereocenters. The minimum atomic E-state index is -0.360. The van der Waals surface area contributed by atoms with Crippen molar-refractivity contribution in [1.82, 2.24) is 4.90 Å². The minimum Gasteiger partial charge on any atom is -0.330 e. The van der Waals surface area contributed by atoms with Crippen molar-refractivity contribution >= 4 is 0 Å². The molecule has 0 aliphatic carbocycles. The van der Waals surface area contributed by atoms with Crippen LogP contribution in [0.2, 0.25) is 0 Å². The molecule has 0 aliphatic rings. The summed E-state index contributed by atoms with van der Waals surface area (Å²) < 4.78 is 13.1. The maximum Gasteiger partial charge on any atom is 0.124 e. The zero-order valence-corrected chi connectivity index (χ0v) is 9.41. The molecule has 0 atom stereocenters. The van der Waals surface area contributed by atoms with Gasteiger partial charge in [0.1, 0.15) is 5.82 Å². The van der Waals surface area contributed by atoms with Crippen LogP contribution in [0.5, 0.6) is 0 Å². The van der Waals surface area contributed by atoms with Crippen molar-refractivity contribution in [1.29, 1.82) is 5.26 Å². The third kappa shape index (κ3) is 3.97. The highest BCUT2D eigenvalue weighted by Gasteiger charge is 2.03. The molecule has 0 amide bonds. The molecule has 0 radical (unpaired) electrons. The Labute approximate surface area is 95.3 Å². The Bertz CT molecular complexity index is 384. The molecule has 3 nitrogen and oxygen atoms in total. The van der Waals surface area contributed by atoms with Crippen molar-refractivity contribution in [3.63, 3.8) is 0 Å². The summed E-state index contributed by atoms with van der Waals surface area (Å²) in [5.74, 6) is -0.360. The summed E-state index contributed by atoms with van der Waals surface area (Å²) in [6.07, 6.45) is 0.914. The Kier molecular flexibility index (Phi) is 4.90. The molecule has 0 aliphatic heterocycles. The lowest BCUT2D eigenvalue weighted by atomic mass is 10.1. The summed E-state index contributed by atoms with van der Waals surface area (Å²) in [5.41, 5.74) is 6.59. The van der Waals surface area contributed by atoms with Gasteiger partial charge in [-0.2, -0.15) is 5.26 Å². The zero-order valence-electron chi connectivity index (χ0n) is 9.41. The molecule has 86 valence electrons. The predicted molar refractivity (Wildman–Crippen MR) is 61.1 cm³/mol. The minimum absolute atomic E-state index is 0.360. The highest BCUT2D eigenvalue weighted by Crippen LogP contribution is 2.10. The summed E-state index contributed by atoms with van der Waals surface area (Å²) in [7, 11) is 1.95. The van der Waals surface area contributed by atoms with Crippen molar-refractivity contribution in [2.45, 2.75) is 13.0 Å². The second-order valence-electron chi connectivity index (χ2n) is 3.84. The first-order valence-corrected chi connectivity index (χ1v) is 5.24. The molecular weight excluding hydrogens is 205 g/mol. The van der Waals surface area contributed by atoms with E-state index in [1.54, 1.807) is 6.07 Å². The van der Waals surface area contributed by atoms with Crippen molar-refractivity contribution in [3.05, 3.63) is 35.1 Å². The van der Waals surface area contributed by atoms with Gasteiger partial charge in [-0.25, -0.2) is 4.39 Å². The van der Waals surface area contributed by atoms with E-state index in [1.165, 1.54) is 12.1 Å². The molecule has 0 saturated carbocycles. The monoisotopic (exact) mass is 221 g/mol. The second kappa shape index (κ2) is 6.21. The van der Waals surface area contributed by atoms with Crippen LogP contribution in [0.3, 0.4) is 0 Å². The Balaban J connectivity index is 2.66. The van der Waals surface area contributed by atoms with Gasteiger partial charge >= 0.3 is 0 Å². The lowest BCUT2D eigenvalue weighted by Crippen LogP contribution is -2.21. The largest absolute Gasteiger partial charge is 0.330 e. The topological polar surface area (TPSA) is 53.0 Å². The van der Waals surface area contributed by atoms with Gasteiger partial charge in [0, 0.05) is 6.54 Å². The first kappa shape index (κ1) is 12.6. The van der Waals surface area contributed by atoms with E-state index < -0.39 is 0 Å². The molecule has 4 heteroatoms. The van der Waals surface area contributed by atoms with Crippen LogP contribution in [-0.2, 0) is 6.54 Å². The van der Waals surface area contributed by atoms with Gasteiger partial charge in [0.05, 0.1) is 11.6 Å². The van der Waals surface area contributed by atoms with Crippen molar-refractivity contribution in [2.24, 2.45) is 5.73 Å². The summed E-state index contributed by atoms with van der Waals surface area (Å²) >= 11 is 0. The van der Waals surface area contributed by atoms with Crippen LogP contribution in [0, 0.1) is 17.1 Å². The SMILES string of the molecule is CN(CCCN)Cc1cc(F)cc(C#N)c1. The zero-order chi connectivity index (χ0) is 12.0. The fraction of sp³-hybridized carbons (Fsp3) is 0.417. The van der Waals surface area contributed by atoms with E-state index in [-0.39, 0.29) is 5.82 Å². The predicted octanol–water partition coefficient (Wildman–Crippen LogP) is 1.48. The van der Waals surface area contributed by atoms with Crippen LogP contribution in [0.15, 0.2) is 18.2 Å². The Morgan fingerprint density at radius 3 is 2.81 bits per heavy atom. The second-order valence-corrected chi connectivity index (χ2v) is 3.84. The van der Waals surface area contributed by atoms with Crippen LogP contribution < -0.4 is 5.73 Å². The Morgan fingerprint density at radius 2 is 2.19 bits per heavy atom. The normalized spacial score (nSPS) is 10.4. The highest BCUT2D eigenvalue weighted by atomic mass is 19.1. The van der Waals surface area contributed by atoms with Gasteiger partial charge in [0.15, 0.2) is 0 Å². The standard InChI is InChI=1S/C12H16FN3/c1-16(4-2-3-14)9-11-5-10(8-15)6-12(13)7-11/h5-7H,2-4,9,14H2,1H3. The van der Waals surface area contributed by atoms with Gasteiger partial charge in [0.25, 0.3) is 0 Å². The van der Waals surface area contributed by atoms with Gasteiger partial charge in [0.2, 0.25) is 0 Å². The lowest BCUT2D eigenvalue weighted by Gasteiger charge is -2.16. The molecule has 1 rings (SSSR count). The van der Waals surface area contributed by atoms with E-state index in [1.807, 2.05) is 13.1 Å². The maximum atomic E-state index is 13.1. The van der Waals surface area contributed by atoms with E-state index in [2.05, 4.69) is 4.90 Å². The third-order valence-corrected chi connectivity index (χ3v) is 2.28. The summed E-state index contributed by atoms with van der Waals surface area (Å²) in [5, 5.41) is 8.72. The number of nitrogens with zero attached hydrogens (tertiary/aromatic N) is 2. The lowest BCUT2D eigenvalue weighted by molar-refractivity contribution is 0.323. The number of nitrogens with two attached hydrogens (primary N) is 1. The smallest absolute Gasteiger partial charge is 0.124 e. The van der Waals surface area contributed by atoms with Gasteiger partial charge in [-0.15, -0.1) is 0 Å². The average Bonchev–Trinajstić information content (AvgIpc) is 2.25. The highest BCUT2D eigenvalue weighted by molar-refractivity contribution is 5.33. The van der Waals surface area contributed by atoms with Crippen LogP contribution in [0.25, 0.3) is 0 Å². The maximum absolute atomic E-state index is 13.1. The van der Waals surface area contributed by atoms with Gasteiger partial charge in [-0.3, -0.25) is 0 Å². The Hall–Kier alpha value is -1.44. The molecule has 16 heavy (non-hydrogen) atoms. The molecule has 0 bridgehead atoms. The van der Waals surface area contributed by atoms with E-state index in [4.69, 9.17) is 11.0 Å². The van der Waals surface area contributed by atoms with Crippen molar-refractivity contribution in [3.8, 4) is 6.07 Å².